The van der Waals surface area contributed by atoms with Crippen molar-refractivity contribution in [3.05, 3.63) is 12.4 Å². The summed E-state index contributed by atoms with van der Waals surface area (Å²) in [6.45, 7) is 2.14. The molecule has 18 heavy (non-hydrogen) atoms. The summed E-state index contributed by atoms with van der Waals surface area (Å²) >= 11 is 0. The second kappa shape index (κ2) is 9.87. The third-order valence-corrected chi connectivity index (χ3v) is 2.27. The molecule has 1 aromatic rings. The molecule has 2 N–H and O–H groups in total. The average molecular weight is 277 g/mol. The van der Waals surface area contributed by atoms with Gasteiger partial charge in [0.2, 0.25) is 5.91 Å². The maximum Gasteiger partial charge on any atom is 0.224 e. The van der Waals surface area contributed by atoms with Crippen LogP contribution in [0.5, 0.6) is 0 Å². The average Bonchev–Trinajstić information content (AvgIpc) is 2.74. The summed E-state index contributed by atoms with van der Waals surface area (Å²) in [7, 11) is 3.52. The largest absolute Gasteiger partial charge is 0.383 e. The summed E-state index contributed by atoms with van der Waals surface area (Å²) < 4.78 is 6.69. The fourth-order valence-electron chi connectivity index (χ4n) is 1.38. The van der Waals surface area contributed by atoms with Gasteiger partial charge in [0, 0.05) is 19.7 Å². The van der Waals surface area contributed by atoms with E-state index in [1.165, 1.54) is 0 Å². The number of hydrogen-bond acceptors (Lipinski definition) is 4. The van der Waals surface area contributed by atoms with Crippen molar-refractivity contribution in [3.8, 4) is 0 Å². The van der Waals surface area contributed by atoms with Gasteiger partial charge in [0.15, 0.2) is 0 Å². The van der Waals surface area contributed by atoms with Crippen LogP contribution in [0.25, 0.3) is 0 Å². The first kappa shape index (κ1) is 16.9. The van der Waals surface area contributed by atoms with Crippen molar-refractivity contribution in [1.29, 1.82) is 0 Å². The summed E-state index contributed by atoms with van der Waals surface area (Å²) in [6, 6.07) is 0. The second-order valence-corrected chi connectivity index (χ2v) is 3.74. The lowest BCUT2D eigenvalue weighted by molar-refractivity contribution is -0.116. The second-order valence-electron chi connectivity index (χ2n) is 3.74. The highest BCUT2D eigenvalue weighted by atomic mass is 35.5. The van der Waals surface area contributed by atoms with Crippen molar-refractivity contribution < 1.29 is 9.53 Å². The molecule has 1 rings (SSSR count). The highest BCUT2D eigenvalue weighted by molar-refractivity contribution is 5.90. The summed E-state index contributed by atoms with van der Waals surface area (Å²) in [5.74, 6) is 0.0199. The molecule has 6 nitrogen and oxygen atoms in total. The number of ether oxygens (including phenoxy) is 1. The molecule has 7 heteroatoms. The first-order valence-electron chi connectivity index (χ1n) is 5.72. The van der Waals surface area contributed by atoms with Gasteiger partial charge >= 0.3 is 0 Å². The molecular formula is C11H21ClN4O2. The van der Waals surface area contributed by atoms with Crippen molar-refractivity contribution in [2.24, 2.45) is 0 Å². The number of carbonyl (C=O) groups is 1. The molecule has 0 saturated carbocycles. The Labute approximate surface area is 113 Å². The molecule has 1 aromatic heterocycles. The van der Waals surface area contributed by atoms with Crippen molar-refractivity contribution in [2.45, 2.75) is 19.4 Å². The van der Waals surface area contributed by atoms with Gasteiger partial charge in [-0.25, -0.2) is 0 Å². The molecule has 0 radical (unpaired) electrons. The molecule has 104 valence electrons. The van der Waals surface area contributed by atoms with Crippen LogP contribution >= 0.6 is 12.4 Å². The molecule has 0 atom stereocenters. The predicted octanol–water partition coefficient (Wildman–Crippen LogP) is 0.889. The molecule has 0 aromatic carbocycles. The standard InChI is InChI=1S/C11H20N4O2.ClH/c1-12-5-3-4-11(16)14-10-8-13-15(9-10)6-7-17-2;/h8-9,12H,3-7H2,1-2H3,(H,14,16);1H. The molecule has 1 heterocycles. The SMILES string of the molecule is CNCCCC(=O)Nc1cnn(CCOC)c1.Cl. The van der Waals surface area contributed by atoms with Crippen LogP contribution in [0, 0.1) is 0 Å². The Morgan fingerprint density at radius 3 is 3.00 bits per heavy atom. The monoisotopic (exact) mass is 276 g/mol. The van der Waals surface area contributed by atoms with E-state index >= 15 is 0 Å². The van der Waals surface area contributed by atoms with Crippen LogP contribution in [-0.2, 0) is 16.1 Å². The molecule has 0 aliphatic carbocycles. The molecule has 0 aliphatic rings. The zero-order valence-corrected chi connectivity index (χ0v) is 11.6. The van der Waals surface area contributed by atoms with Crippen LogP contribution in [0.1, 0.15) is 12.8 Å². The topological polar surface area (TPSA) is 68.2 Å². The fourth-order valence-corrected chi connectivity index (χ4v) is 1.38. The van der Waals surface area contributed by atoms with Crippen molar-refractivity contribution >= 4 is 24.0 Å². The van der Waals surface area contributed by atoms with Crippen molar-refractivity contribution in [1.82, 2.24) is 15.1 Å². The number of halogens is 1. The third-order valence-electron chi connectivity index (χ3n) is 2.27. The summed E-state index contributed by atoms with van der Waals surface area (Å²) in [4.78, 5) is 11.5. The van der Waals surface area contributed by atoms with Gasteiger partial charge in [0.25, 0.3) is 0 Å². The van der Waals surface area contributed by atoms with E-state index in [9.17, 15) is 4.79 Å². The minimum absolute atomic E-state index is 0. The van der Waals surface area contributed by atoms with E-state index in [-0.39, 0.29) is 18.3 Å². The number of hydrogen-bond donors (Lipinski definition) is 2. The maximum absolute atomic E-state index is 11.5. The van der Waals surface area contributed by atoms with Crippen LogP contribution in [0.4, 0.5) is 5.69 Å². The third kappa shape index (κ3) is 6.58. The van der Waals surface area contributed by atoms with Crippen LogP contribution < -0.4 is 10.6 Å². The summed E-state index contributed by atoms with van der Waals surface area (Å²) in [5, 5.41) is 9.92. The first-order valence-corrected chi connectivity index (χ1v) is 5.72. The molecule has 0 unspecified atom stereocenters. The Bertz CT molecular complexity index is 344. The van der Waals surface area contributed by atoms with E-state index in [1.807, 2.05) is 7.05 Å². The Morgan fingerprint density at radius 1 is 1.56 bits per heavy atom. The predicted molar refractivity (Wildman–Crippen MR) is 73.1 cm³/mol. The van der Waals surface area contributed by atoms with Crippen LogP contribution in [-0.4, -0.2) is 43.0 Å². The molecule has 0 bridgehead atoms. The normalized spacial score (nSPS) is 9.89. The van der Waals surface area contributed by atoms with Crippen LogP contribution in [0.2, 0.25) is 0 Å². The number of nitrogens with zero attached hydrogens (tertiary/aromatic N) is 2. The van der Waals surface area contributed by atoms with Gasteiger partial charge in [-0.2, -0.15) is 5.10 Å². The van der Waals surface area contributed by atoms with Crippen LogP contribution in [0.3, 0.4) is 0 Å². The number of carbonyl (C=O) groups excluding carboxylic acids is 1. The highest BCUT2D eigenvalue weighted by Gasteiger charge is 2.03. The van der Waals surface area contributed by atoms with Gasteiger partial charge in [-0.05, 0) is 20.0 Å². The molecule has 0 saturated heterocycles. The van der Waals surface area contributed by atoms with E-state index in [0.717, 1.165) is 18.7 Å². The molecular weight excluding hydrogens is 256 g/mol. The zero-order chi connectivity index (χ0) is 12.5. The van der Waals surface area contributed by atoms with Gasteiger partial charge in [-0.1, -0.05) is 0 Å². The maximum atomic E-state index is 11.5. The molecule has 1 amide bonds. The van der Waals surface area contributed by atoms with E-state index < -0.39 is 0 Å². The van der Waals surface area contributed by atoms with Crippen molar-refractivity contribution in [3.63, 3.8) is 0 Å². The van der Waals surface area contributed by atoms with Gasteiger partial charge in [0.05, 0.1) is 25.0 Å². The Kier molecular flexibility index (Phi) is 9.26. The fraction of sp³-hybridized carbons (Fsp3) is 0.636. The number of anilines is 1. The van der Waals surface area contributed by atoms with Gasteiger partial charge in [-0.15, -0.1) is 12.4 Å². The van der Waals surface area contributed by atoms with E-state index in [1.54, 1.807) is 24.2 Å². The lowest BCUT2D eigenvalue weighted by atomic mass is 10.3. The number of methoxy groups -OCH3 is 1. The minimum Gasteiger partial charge on any atom is -0.383 e. The lowest BCUT2D eigenvalue weighted by Gasteiger charge is -2.02. The number of nitrogens with one attached hydrogen (secondary N) is 2. The minimum atomic E-state index is 0. The number of rotatable bonds is 8. The van der Waals surface area contributed by atoms with E-state index in [4.69, 9.17) is 4.74 Å². The highest BCUT2D eigenvalue weighted by Crippen LogP contribution is 2.05. The first-order chi connectivity index (χ1) is 8.26. The Morgan fingerprint density at radius 2 is 2.33 bits per heavy atom. The molecule has 0 fully saturated rings. The van der Waals surface area contributed by atoms with Gasteiger partial charge in [0.1, 0.15) is 0 Å². The Balaban J connectivity index is 0.00000289. The van der Waals surface area contributed by atoms with Crippen LogP contribution in [0.15, 0.2) is 12.4 Å². The van der Waals surface area contributed by atoms with E-state index in [2.05, 4.69) is 15.7 Å². The van der Waals surface area contributed by atoms with Gasteiger partial charge < -0.3 is 15.4 Å². The van der Waals surface area contributed by atoms with E-state index in [0.29, 0.717) is 19.6 Å². The Hall–Kier alpha value is -1.11. The summed E-state index contributed by atoms with van der Waals surface area (Å²) in [5.41, 5.74) is 0.732. The smallest absolute Gasteiger partial charge is 0.224 e. The number of aromatic nitrogens is 2. The molecule has 0 spiro atoms. The zero-order valence-electron chi connectivity index (χ0n) is 10.8. The van der Waals surface area contributed by atoms with Crippen molar-refractivity contribution in [2.75, 3.05) is 32.6 Å². The lowest BCUT2D eigenvalue weighted by Crippen LogP contribution is -2.15. The summed E-state index contributed by atoms with van der Waals surface area (Å²) in [6.07, 6.45) is 4.80. The van der Waals surface area contributed by atoms with Gasteiger partial charge in [-0.3, -0.25) is 9.48 Å². The molecule has 0 aliphatic heterocycles. The number of amides is 1. The quantitative estimate of drug-likeness (QED) is 0.692.